The number of likely N-dealkylation sites (tertiary alicyclic amines) is 1. The standard InChI is InChI=1S/C14H30N2/c1-6-15-12(2)13(3)16-10-7-8-14(4,5)9-11-16/h12-13,15H,6-11H2,1-5H3. The smallest absolute Gasteiger partial charge is 0.0218 e. The SMILES string of the molecule is CCNC(C)C(C)N1CCCC(C)(C)CC1. The zero-order valence-electron chi connectivity index (χ0n) is 11.8. The Morgan fingerprint density at radius 1 is 1.19 bits per heavy atom. The van der Waals surface area contributed by atoms with Crippen molar-refractivity contribution in [2.75, 3.05) is 19.6 Å². The van der Waals surface area contributed by atoms with Gasteiger partial charge in [0.15, 0.2) is 0 Å². The van der Waals surface area contributed by atoms with E-state index in [9.17, 15) is 0 Å². The number of hydrogen-bond acceptors (Lipinski definition) is 2. The van der Waals surface area contributed by atoms with Crippen molar-refractivity contribution in [1.82, 2.24) is 10.2 Å². The third-order valence-electron chi connectivity index (χ3n) is 4.20. The van der Waals surface area contributed by atoms with Crippen molar-refractivity contribution in [3.63, 3.8) is 0 Å². The van der Waals surface area contributed by atoms with E-state index in [-0.39, 0.29) is 0 Å². The molecule has 1 rings (SSSR count). The van der Waals surface area contributed by atoms with Crippen LogP contribution in [0.1, 0.15) is 53.9 Å². The fourth-order valence-electron chi connectivity index (χ4n) is 2.66. The molecular formula is C14H30N2. The molecule has 0 aromatic rings. The van der Waals surface area contributed by atoms with Gasteiger partial charge in [-0.1, -0.05) is 20.8 Å². The first kappa shape index (κ1) is 14.0. The molecule has 2 nitrogen and oxygen atoms in total. The van der Waals surface area contributed by atoms with Crippen LogP contribution in [-0.2, 0) is 0 Å². The van der Waals surface area contributed by atoms with E-state index in [1.165, 1.54) is 32.4 Å². The Hall–Kier alpha value is -0.0800. The molecule has 0 radical (unpaired) electrons. The maximum atomic E-state index is 3.54. The molecule has 0 aromatic heterocycles. The van der Waals surface area contributed by atoms with Crippen LogP contribution in [0.3, 0.4) is 0 Å². The van der Waals surface area contributed by atoms with Crippen molar-refractivity contribution in [3.8, 4) is 0 Å². The van der Waals surface area contributed by atoms with Gasteiger partial charge in [-0.25, -0.2) is 0 Å². The normalized spacial score (nSPS) is 26.1. The molecule has 1 aliphatic heterocycles. The first-order valence-corrected chi connectivity index (χ1v) is 6.94. The monoisotopic (exact) mass is 226 g/mol. The molecule has 16 heavy (non-hydrogen) atoms. The van der Waals surface area contributed by atoms with Gasteiger partial charge in [0.05, 0.1) is 0 Å². The quantitative estimate of drug-likeness (QED) is 0.793. The maximum absolute atomic E-state index is 3.54. The van der Waals surface area contributed by atoms with E-state index in [4.69, 9.17) is 0 Å². The summed E-state index contributed by atoms with van der Waals surface area (Å²) in [5.41, 5.74) is 0.551. The van der Waals surface area contributed by atoms with Crippen LogP contribution >= 0.6 is 0 Å². The summed E-state index contributed by atoms with van der Waals surface area (Å²) in [4.78, 5) is 2.67. The second kappa shape index (κ2) is 6.02. The molecule has 0 bridgehead atoms. The van der Waals surface area contributed by atoms with E-state index in [1.54, 1.807) is 0 Å². The van der Waals surface area contributed by atoms with Crippen molar-refractivity contribution in [3.05, 3.63) is 0 Å². The Kier molecular flexibility index (Phi) is 5.26. The molecule has 1 N–H and O–H groups in total. The van der Waals surface area contributed by atoms with Gasteiger partial charge in [0.25, 0.3) is 0 Å². The van der Waals surface area contributed by atoms with Gasteiger partial charge in [-0.05, 0) is 58.2 Å². The van der Waals surface area contributed by atoms with Gasteiger partial charge in [0.2, 0.25) is 0 Å². The van der Waals surface area contributed by atoms with Crippen LogP contribution in [0.15, 0.2) is 0 Å². The van der Waals surface area contributed by atoms with Crippen LogP contribution in [0, 0.1) is 5.41 Å². The average Bonchev–Trinajstić information content (AvgIpc) is 2.39. The van der Waals surface area contributed by atoms with Crippen LogP contribution in [0.4, 0.5) is 0 Å². The largest absolute Gasteiger partial charge is 0.313 e. The molecule has 0 aromatic carbocycles. The van der Waals surface area contributed by atoms with Crippen molar-refractivity contribution in [2.24, 2.45) is 5.41 Å². The van der Waals surface area contributed by atoms with Gasteiger partial charge < -0.3 is 5.32 Å². The topological polar surface area (TPSA) is 15.3 Å². The highest BCUT2D eigenvalue weighted by atomic mass is 15.2. The highest BCUT2D eigenvalue weighted by Crippen LogP contribution is 2.30. The van der Waals surface area contributed by atoms with Gasteiger partial charge in [0, 0.05) is 12.1 Å². The van der Waals surface area contributed by atoms with Gasteiger partial charge in [0.1, 0.15) is 0 Å². The van der Waals surface area contributed by atoms with E-state index in [0.29, 0.717) is 17.5 Å². The van der Waals surface area contributed by atoms with Crippen molar-refractivity contribution < 1.29 is 0 Å². The Bertz CT molecular complexity index is 201. The number of hydrogen-bond donors (Lipinski definition) is 1. The molecule has 1 aliphatic rings. The van der Waals surface area contributed by atoms with E-state index < -0.39 is 0 Å². The first-order chi connectivity index (χ1) is 7.46. The Morgan fingerprint density at radius 3 is 2.50 bits per heavy atom. The average molecular weight is 226 g/mol. The number of rotatable bonds is 4. The van der Waals surface area contributed by atoms with E-state index in [1.807, 2.05) is 0 Å². The molecule has 0 aliphatic carbocycles. The summed E-state index contributed by atoms with van der Waals surface area (Å²) in [7, 11) is 0. The highest BCUT2D eigenvalue weighted by molar-refractivity contribution is 4.82. The van der Waals surface area contributed by atoms with Gasteiger partial charge in [-0.15, -0.1) is 0 Å². The van der Waals surface area contributed by atoms with E-state index in [2.05, 4.69) is 44.8 Å². The predicted molar refractivity (Wildman–Crippen MR) is 71.8 cm³/mol. The zero-order valence-corrected chi connectivity index (χ0v) is 11.8. The van der Waals surface area contributed by atoms with Gasteiger partial charge >= 0.3 is 0 Å². The molecule has 1 heterocycles. The minimum Gasteiger partial charge on any atom is -0.313 e. The summed E-state index contributed by atoms with van der Waals surface area (Å²) < 4.78 is 0. The Labute approximate surface area is 102 Å². The molecule has 0 amide bonds. The van der Waals surface area contributed by atoms with Crippen molar-refractivity contribution in [1.29, 1.82) is 0 Å². The zero-order chi connectivity index (χ0) is 12.2. The summed E-state index contributed by atoms with van der Waals surface area (Å²) in [6.07, 6.45) is 4.08. The highest BCUT2D eigenvalue weighted by Gasteiger charge is 2.26. The second-order valence-electron chi connectivity index (χ2n) is 6.14. The lowest BCUT2D eigenvalue weighted by Gasteiger charge is -2.33. The molecule has 2 heteroatoms. The molecule has 0 saturated carbocycles. The fraction of sp³-hybridized carbons (Fsp3) is 1.00. The number of likely N-dealkylation sites (N-methyl/N-ethyl adjacent to an activating group) is 1. The second-order valence-corrected chi connectivity index (χ2v) is 6.14. The third-order valence-corrected chi connectivity index (χ3v) is 4.20. The lowest BCUT2D eigenvalue weighted by Crippen LogP contribution is -2.47. The van der Waals surface area contributed by atoms with Gasteiger partial charge in [-0.2, -0.15) is 0 Å². The lowest BCUT2D eigenvalue weighted by molar-refractivity contribution is 0.175. The summed E-state index contributed by atoms with van der Waals surface area (Å²) in [5.74, 6) is 0. The third kappa shape index (κ3) is 4.06. The molecule has 1 saturated heterocycles. The Balaban J connectivity index is 2.47. The molecule has 2 unspecified atom stereocenters. The van der Waals surface area contributed by atoms with E-state index in [0.717, 1.165) is 6.54 Å². The summed E-state index contributed by atoms with van der Waals surface area (Å²) in [6, 6.07) is 1.26. The molecule has 96 valence electrons. The molecule has 2 atom stereocenters. The van der Waals surface area contributed by atoms with Crippen LogP contribution in [0.25, 0.3) is 0 Å². The van der Waals surface area contributed by atoms with Crippen LogP contribution in [0.5, 0.6) is 0 Å². The Morgan fingerprint density at radius 2 is 1.88 bits per heavy atom. The number of nitrogens with one attached hydrogen (secondary N) is 1. The van der Waals surface area contributed by atoms with Crippen molar-refractivity contribution in [2.45, 2.75) is 66.0 Å². The number of nitrogens with zero attached hydrogens (tertiary/aromatic N) is 1. The van der Waals surface area contributed by atoms with Crippen LogP contribution in [-0.4, -0.2) is 36.6 Å². The summed E-state index contributed by atoms with van der Waals surface area (Å²) >= 11 is 0. The fourth-order valence-corrected chi connectivity index (χ4v) is 2.66. The van der Waals surface area contributed by atoms with E-state index >= 15 is 0 Å². The summed E-state index contributed by atoms with van der Waals surface area (Å²) in [6.45, 7) is 15.3. The molecular weight excluding hydrogens is 196 g/mol. The minimum absolute atomic E-state index is 0.551. The maximum Gasteiger partial charge on any atom is 0.0218 e. The minimum atomic E-state index is 0.551. The first-order valence-electron chi connectivity index (χ1n) is 6.94. The lowest BCUT2D eigenvalue weighted by atomic mass is 9.85. The van der Waals surface area contributed by atoms with Crippen molar-refractivity contribution >= 4 is 0 Å². The van der Waals surface area contributed by atoms with Crippen LogP contribution < -0.4 is 5.32 Å². The van der Waals surface area contributed by atoms with Gasteiger partial charge in [-0.3, -0.25) is 4.90 Å². The van der Waals surface area contributed by atoms with Crippen LogP contribution in [0.2, 0.25) is 0 Å². The predicted octanol–water partition coefficient (Wildman–Crippen LogP) is 2.89. The molecule has 0 spiro atoms. The summed E-state index contributed by atoms with van der Waals surface area (Å²) in [5, 5.41) is 3.54. The molecule has 1 fully saturated rings.